The van der Waals surface area contributed by atoms with Crippen molar-refractivity contribution in [3.05, 3.63) is 94.8 Å². The van der Waals surface area contributed by atoms with Crippen LogP contribution in [-0.4, -0.2) is 31.0 Å². The molecular weight excluding hydrogens is 439 g/mol. The maximum atomic E-state index is 13.7. The first-order valence-corrected chi connectivity index (χ1v) is 10.2. The fraction of sp³-hybridized carbons (Fsp3) is 0.115. The van der Waals surface area contributed by atoms with E-state index in [0.717, 1.165) is 0 Å². The van der Waals surface area contributed by atoms with Crippen LogP contribution in [0.5, 0.6) is 11.5 Å². The second-order valence-electron chi connectivity index (χ2n) is 7.45. The minimum Gasteiger partial charge on any atom is -0.507 e. The molecule has 0 aromatic heterocycles. The number of methoxy groups -OCH3 is 2. The number of rotatable bonds is 5. The molecule has 4 rings (SSSR count). The van der Waals surface area contributed by atoms with E-state index in [1.165, 1.54) is 73.7 Å². The van der Waals surface area contributed by atoms with Gasteiger partial charge in [0.05, 0.1) is 43.0 Å². The lowest BCUT2D eigenvalue weighted by Crippen LogP contribution is -2.29. The number of ketones is 1. The van der Waals surface area contributed by atoms with Crippen LogP contribution in [0.2, 0.25) is 0 Å². The van der Waals surface area contributed by atoms with Crippen molar-refractivity contribution in [3.63, 3.8) is 0 Å². The number of hydrogen-bond acceptors (Lipinski definition) is 6. The molecule has 1 heterocycles. The van der Waals surface area contributed by atoms with Gasteiger partial charge in [-0.2, -0.15) is 5.26 Å². The van der Waals surface area contributed by atoms with Crippen LogP contribution >= 0.6 is 0 Å². The summed E-state index contributed by atoms with van der Waals surface area (Å²) in [6.45, 7) is 0. The summed E-state index contributed by atoms with van der Waals surface area (Å²) in [5, 5.41) is 20.3. The molecule has 1 saturated heterocycles. The molecule has 34 heavy (non-hydrogen) atoms. The lowest BCUT2D eigenvalue weighted by atomic mass is 9.94. The topological polar surface area (TPSA) is 99.9 Å². The quantitative estimate of drug-likeness (QED) is 0.347. The predicted molar refractivity (Wildman–Crippen MR) is 122 cm³/mol. The summed E-state index contributed by atoms with van der Waals surface area (Å²) in [7, 11) is 2.88. The van der Waals surface area contributed by atoms with Gasteiger partial charge in [-0.3, -0.25) is 14.5 Å². The Kier molecular flexibility index (Phi) is 6.02. The largest absolute Gasteiger partial charge is 0.507 e. The molecule has 1 N–H and O–H groups in total. The number of benzene rings is 3. The Morgan fingerprint density at radius 3 is 2.26 bits per heavy atom. The molecule has 0 saturated carbocycles. The third-order valence-electron chi connectivity index (χ3n) is 5.57. The maximum Gasteiger partial charge on any atom is 0.300 e. The van der Waals surface area contributed by atoms with Crippen molar-refractivity contribution < 1.29 is 28.6 Å². The van der Waals surface area contributed by atoms with Gasteiger partial charge in [-0.25, -0.2) is 4.39 Å². The summed E-state index contributed by atoms with van der Waals surface area (Å²) < 4.78 is 24.2. The zero-order chi connectivity index (χ0) is 24.4. The van der Waals surface area contributed by atoms with Crippen LogP contribution in [0.4, 0.5) is 10.1 Å². The lowest BCUT2D eigenvalue weighted by molar-refractivity contribution is -0.132. The Hall–Kier alpha value is -4.64. The summed E-state index contributed by atoms with van der Waals surface area (Å²) in [5.74, 6) is -2.00. The minimum absolute atomic E-state index is 0.176. The van der Waals surface area contributed by atoms with E-state index >= 15 is 0 Å². The van der Waals surface area contributed by atoms with Crippen molar-refractivity contribution in [2.24, 2.45) is 0 Å². The van der Waals surface area contributed by atoms with Crippen molar-refractivity contribution in [3.8, 4) is 17.6 Å². The summed E-state index contributed by atoms with van der Waals surface area (Å²) >= 11 is 0. The van der Waals surface area contributed by atoms with Gasteiger partial charge >= 0.3 is 0 Å². The number of Topliss-reactive ketones (excluding diaryl/α,β-unsaturated/α-hetero) is 1. The van der Waals surface area contributed by atoms with Crippen molar-refractivity contribution in [2.45, 2.75) is 6.04 Å². The van der Waals surface area contributed by atoms with E-state index in [9.17, 15) is 19.1 Å². The molecule has 7 nitrogen and oxygen atoms in total. The lowest BCUT2D eigenvalue weighted by Gasteiger charge is -2.25. The van der Waals surface area contributed by atoms with Crippen molar-refractivity contribution in [1.29, 1.82) is 5.26 Å². The number of halogens is 1. The van der Waals surface area contributed by atoms with Gasteiger partial charge in [-0.1, -0.05) is 12.1 Å². The van der Waals surface area contributed by atoms with E-state index in [4.69, 9.17) is 14.7 Å². The van der Waals surface area contributed by atoms with E-state index in [0.29, 0.717) is 22.6 Å². The standard InChI is InChI=1S/C26H19FN2O5/c1-33-19-11-12-20(21(13-19)34-2)24(30)22-23(16-5-7-17(27)8-6-16)29(26(32)25(22)31)18-9-3-15(14-28)4-10-18/h3-13,23,30H,1-2H3/b24-22-. The molecule has 0 radical (unpaired) electrons. The Morgan fingerprint density at radius 2 is 1.68 bits per heavy atom. The van der Waals surface area contributed by atoms with Crippen LogP contribution in [-0.2, 0) is 9.59 Å². The van der Waals surface area contributed by atoms with E-state index in [1.54, 1.807) is 12.1 Å². The Labute approximate surface area is 194 Å². The second-order valence-corrected chi connectivity index (χ2v) is 7.45. The highest BCUT2D eigenvalue weighted by molar-refractivity contribution is 6.51. The van der Waals surface area contributed by atoms with Crippen LogP contribution in [0.15, 0.2) is 72.3 Å². The highest BCUT2D eigenvalue weighted by Crippen LogP contribution is 2.43. The van der Waals surface area contributed by atoms with Gasteiger partial charge < -0.3 is 14.6 Å². The predicted octanol–water partition coefficient (Wildman–Crippen LogP) is 4.34. The first-order valence-electron chi connectivity index (χ1n) is 10.2. The van der Waals surface area contributed by atoms with Gasteiger partial charge in [0.15, 0.2) is 0 Å². The normalized spacial score (nSPS) is 16.9. The van der Waals surface area contributed by atoms with Crippen LogP contribution in [0.25, 0.3) is 5.76 Å². The van der Waals surface area contributed by atoms with Gasteiger partial charge in [-0.05, 0) is 54.1 Å². The van der Waals surface area contributed by atoms with Crippen LogP contribution < -0.4 is 14.4 Å². The van der Waals surface area contributed by atoms with E-state index < -0.39 is 29.3 Å². The molecule has 3 aromatic carbocycles. The Bertz CT molecular complexity index is 1340. The molecule has 0 spiro atoms. The summed E-state index contributed by atoms with van der Waals surface area (Å²) in [5.41, 5.74) is 1.15. The third kappa shape index (κ3) is 3.84. The minimum atomic E-state index is -1.04. The van der Waals surface area contributed by atoms with Gasteiger partial charge in [0, 0.05) is 11.8 Å². The van der Waals surface area contributed by atoms with Gasteiger partial charge in [0.25, 0.3) is 11.7 Å². The third-order valence-corrected chi connectivity index (χ3v) is 5.57. The fourth-order valence-electron chi connectivity index (χ4n) is 3.90. The smallest absolute Gasteiger partial charge is 0.300 e. The molecule has 1 aliphatic heterocycles. The van der Waals surface area contributed by atoms with Crippen LogP contribution in [0, 0.1) is 17.1 Å². The number of aliphatic hydroxyl groups is 1. The van der Waals surface area contributed by atoms with Crippen LogP contribution in [0.1, 0.15) is 22.7 Å². The maximum absolute atomic E-state index is 13.7. The van der Waals surface area contributed by atoms with Crippen LogP contribution in [0.3, 0.4) is 0 Å². The van der Waals surface area contributed by atoms with E-state index in [1.807, 2.05) is 6.07 Å². The zero-order valence-electron chi connectivity index (χ0n) is 18.3. The second kappa shape index (κ2) is 9.08. The number of aliphatic hydroxyl groups excluding tert-OH is 1. The molecular formula is C26H19FN2O5. The number of nitriles is 1. The van der Waals surface area contributed by atoms with Crippen molar-refractivity contribution in [1.82, 2.24) is 0 Å². The Balaban J connectivity index is 1.95. The first kappa shape index (κ1) is 22.6. The van der Waals surface area contributed by atoms with Crippen molar-refractivity contribution >= 4 is 23.1 Å². The molecule has 8 heteroatoms. The Morgan fingerprint density at radius 1 is 1.00 bits per heavy atom. The molecule has 1 amide bonds. The number of ether oxygens (including phenoxy) is 2. The number of carbonyl (C=O) groups excluding carboxylic acids is 2. The summed E-state index contributed by atoms with van der Waals surface area (Å²) in [4.78, 5) is 27.6. The molecule has 170 valence electrons. The number of anilines is 1. The van der Waals surface area contributed by atoms with Crippen molar-refractivity contribution in [2.75, 3.05) is 19.1 Å². The number of carbonyl (C=O) groups is 2. The average Bonchev–Trinajstić information content (AvgIpc) is 3.13. The highest BCUT2D eigenvalue weighted by Gasteiger charge is 2.47. The number of nitrogens with zero attached hydrogens (tertiary/aromatic N) is 2. The zero-order valence-corrected chi connectivity index (χ0v) is 18.3. The molecule has 3 aromatic rings. The highest BCUT2D eigenvalue weighted by atomic mass is 19.1. The molecule has 1 atom stereocenters. The molecule has 1 unspecified atom stereocenters. The van der Waals surface area contributed by atoms with Gasteiger partial charge in [0.1, 0.15) is 23.1 Å². The molecule has 1 aliphatic rings. The van der Waals surface area contributed by atoms with Gasteiger partial charge in [0.2, 0.25) is 0 Å². The SMILES string of the molecule is COc1ccc(/C(O)=C2/C(=O)C(=O)N(c3ccc(C#N)cc3)C2c2ccc(F)cc2)c(OC)c1. The van der Waals surface area contributed by atoms with Gasteiger partial charge in [-0.15, -0.1) is 0 Å². The molecule has 0 bridgehead atoms. The number of amides is 1. The summed E-state index contributed by atoms with van der Waals surface area (Å²) in [6.07, 6.45) is 0. The fourth-order valence-corrected chi connectivity index (χ4v) is 3.90. The number of hydrogen-bond donors (Lipinski definition) is 1. The summed E-state index contributed by atoms with van der Waals surface area (Å²) in [6, 6.07) is 17.0. The average molecular weight is 458 g/mol. The molecule has 0 aliphatic carbocycles. The van der Waals surface area contributed by atoms with E-state index in [-0.39, 0.29) is 16.9 Å². The van der Waals surface area contributed by atoms with E-state index in [2.05, 4.69) is 0 Å². The monoisotopic (exact) mass is 458 g/mol. The first-order chi connectivity index (χ1) is 16.4. The molecule has 1 fully saturated rings.